The molecule has 0 amide bonds. The zero-order valence-electron chi connectivity index (χ0n) is 15.1. The van der Waals surface area contributed by atoms with Crippen molar-refractivity contribution in [3.63, 3.8) is 0 Å². The second-order valence-corrected chi connectivity index (χ2v) is 7.57. The van der Waals surface area contributed by atoms with Crippen molar-refractivity contribution in [3.05, 3.63) is 22.4 Å². The molecule has 0 aliphatic heterocycles. The molecule has 0 bridgehead atoms. The second-order valence-electron chi connectivity index (χ2n) is 6.59. The Kier molecular flexibility index (Phi) is 10.2. The van der Waals surface area contributed by atoms with Crippen molar-refractivity contribution < 1.29 is 4.74 Å². The third kappa shape index (κ3) is 6.52. The van der Waals surface area contributed by atoms with Crippen molar-refractivity contribution in [1.29, 1.82) is 0 Å². The average Bonchev–Trinajstić information content (AvgIpc) is 3.05. The first-order valence-corrected chi connectivity index (χ1v) is 9.61. The number of guanidine groups is 1. The fourth-order valence-electron chi connectivity index (χ4n) is 2.99. The van der Waals surface area contributed by atoms with Crippen LogP contribution in [0.1, 0.15) is 50.3 Å². The summed E-state index contributed by atoms with van der Waals surface area (Å²) in [6.45, 7) is 7.92. The smallest absolute Gasteiger partial charge is 0.191 e. The van der Waals surface area contributed by atoms with Gasteiger partial charge in [0.05, 0.1) is 0 Å². The van der Waals surface area contributed by atoms with Gasteiger partial charge in [0.2, 0.25) is 0 Å². The molecular weight excluding hydrogens is 433 g/mol. The number of nitrogens with one attached hydrogen (secondary N) is 2. The lowest BCUT2D eigenvalue weighted by Gasteiger charge is -2.40. The standard InChI is InChI=1S/C18H31N3OS.HI/c1-4-19-17(20-13-15(2)16-7-5-12-23-16)21-14-18(8-6-9-18)10-11-22-3;/h5,7,12,15H,4,6,8-11,13-14H2,1-3H3,(H2,19,20,21);1H. The van der Waals surface area contributed by atoms with Gasteiger partial charge in [-0.15, -0.1) is 35.3 Å². The highest BCUT2D eigenvalue weighted by Crippen LogP contribution is 2.44. The SMILES string of the molecule is CCNC(=NCC1(CCOC)CCC1)NCC(C)c1cccs1.I. The molecule has 1 aromatic rings. The number of nitrogens with zero attached hydrogens (tertiary/aromatic N) is 1. The van der Waals surface area contributed by atoms with Crippen molar-refractivity contribution in [2.45, 2.75) is 45.4 Å². The van der Waals surface area contributed by atoms with Gasteiger partial charge in [0.1, 0.15) is 0 Å². The van der Waals surface area contributed by atoms with Gasteiger partial charge in [0.25, 0.3) is 0 Å². The third-order valence-electron chi connectivity index (χ3n) is 4.77. The zero-order chi connectivity index (χ0) is 16.5. The van der Waals surface area contributed by atoms with Gasteiger partial charge in [-0.25, -0.2) is 0 Å². The van der Waals surface area contributed by atoms with E-state index in [4.69, 9.17) is 9.73 Å². The summed E-state index contributed by atoms with van der Waals surface area (Å²) >= 11 is 1.82. The molecule has 4 nitrogen and oxygen atoms in total. The number of ether oxygens (including phenoxy) is 1. The fraction of sp³-hybridized carbons (Fsp3) is 0.722. The lowest BCUT2D eigenvalue weighted by atomic mass is 9.67. The van der Waals surface area contributed by atoms with Gasteiger partial charge in [-0.05, 0) is 43.0 Å². The van der Waals surface area contributed by atoms with Crippen LogP contribution in [0.5, 0.6) is 0 Å². The van der Waals surface area contributed by atoms with Gasteiger partial charge in [-0.3, -0.25) is 4.99 Å². The Hall–Kier alpha value is -0.340. The number of thiophene rings is 1. The molecule has 6 heteroatoms. The predicted octanol–water partition coefficient (Wildman–Crippen LogP) is 4.23. The minimum Gasteiger partial charge on any atom is -0.385 e. The Labute approximate surface area is 167 Å². The summed E-state index contributed by atoms with van der Waals surface area (Å²) in [5, 5.41) is 9.01. The van der Waals surface area contributed by atoms with Crippen LogP contribution >= 0.6 is 35.3 Å². The van der Waals surface area contributed by atoms with Crippen molar-refractivity contribution in [1.82, 2.24) is 10.6 Å². The summed E-state index contributed by atoms with van der Waals surface area (Å²) < 4.78 is 5.27. The molecule has 2 N–H and O–H groups in total. The van der Waals surface area contributed by atoms with Gasteiger partial charge < -0.3 is 15.4 Å². The van der Waals surface area contributed by atoms with E-state index in [9.17, 15) is 0 Å². The van der Waals surface area contributed by atoms with Gasteiger partial charge in [-0.1, -0.05) is 19.4 Å². The normalized spacial score (nSPS) is 17.5. The van der Waals surface area contributed by atoms with E-state index in [0.29, 0.717) is 11.3 Å². The Balaban J connectivity index is 0.00000288. The maximum Gasteiger partial charge on any atom is 0.191 e. The monoisotopic (exact) mass is 465 g/mol. The minimum absolute atomic E-state index is 0. The highest BCUT2D eigenvalue weighted by Gasteiger charge is 2.36. The molecule has 1 aliphatic rings. The van der Waals surface area contributed by atoms with E-state index in [1.807, 2.05) is 11.3 Å². The molecule has 2 rings (SSSR count). The number of methoxy groups -OCH3 is 1. The molecule has 1 atom stereocenters. The van der Waals surface area contributed by atoms with Crippen molar-refractivity contribution in [2.75, 3.05) is 33.4 Å². The molecule has 1 heterocycles. The quantitative estimate of drug-likeness (QED) is 0.326. The molecule has 138 valence electrons. The summed E-state index contributed by atoms with van der Waals surface area (Å²) in [6.07, 6.45) is 5.02. The van der Waals surface area contributed by atoms with E-state index in [-0.39, 0.29) is 24.0 Å². The average molecular weight is 465 g/mol. The second kappa shape index (κ2) is 11.3. The molecule has 0 saturated heterocycles. The first-order chi connectivity index (χ1) is 11.2. The van der Waals surface area contributed by atoms with Crippen LogP contribution in [0.15, 0.2) is 22.5 Å². The molecule has 1 fully saturated rings. The number of aliphatic imine (C=N–C) groups is 1. The molecule has 24 heavy (non-hydrogen) atoms. The first kappa shape index (κ1) is 21.7. The van der Waals surface area contributed by atoms with Crippen molar-refractivity contribution >= 4 is 41.3 Å². The number of hydrogen-bond acceptors (Lipinski definition) is 3. The molecule has 1 unspecified atom stereocenters. The third-order valence-corrected chi connectivity index (χ3v) is 5.88. The number of hydrogen-bond donors (Lipinski definition) is 2. The lowest BCUT2D eigenvalue weighted by Crippen LogP contribution is -2.41. The van der Waals surface area contributed by atoms with Crippen molar-refractivity contribution in [2.24, 2.45) is 10.4 Å². The van der Waals surface area contributed by atoms with Gasteiger partial charge in [-0.2, -0.15) is 0 Å². The first-order valence-electron chi connectivity index (χ1n) is 8.73. The van der Waals surface area contributed by atoms with Crippen LogP contribution in [0.4, 0.5) is 0 Å². The van der Waals surface area contributed by atoms with E-state index in [0.717, 1.165) is 38.6 Å². The molecule has 0 radical (unpaired) electrons. The number of halogens is 1. The maximum atomic E-state index is 5.27. The van der Waals surface area contributed by atoms with Gasteiger partial charge in [0.15, 0.2) is 5.96 Å². The summed E-state index contributed by atoms with van der Waals surface area (Å²) in [6, 6.07) is 4.32. The zero-order valence-corrected chi connectivity index (χ0v) is 18.3. The van der Waals surface area contributed by atoms with Crippen LogP contribution in [0, 0.1) is 5.41 Å². The van der Waals surface area contributed by atoms with Crippen LogP contribution < -0.4 is 10.6 Å². The molecule has 1 aromatic heterocycles. The van der Waals surface area contributed by atoms with E-state index >= 15 is 0 Å². The molecule has 0 spiro atoms. The summed E-state index contributed by atoms with van der Waals surface area (Å²) in [7, 11) is 1.78. The van der Waals surface area contributed by atoms with Crippen LogP contribution in [0.3, 0.4) is 0 Å². The molecular formula is C18H32IN3OS. The fourth-order valence-corrected chi connectivity index (χ4v) is 3.78. The number of rotatable bonds is 9. The van der Waals surface area contributed by atoms with Crippen molar-refractivity contribution in [3.8, 4) is 0 Å². The summed E-state index contributed by atoms with van der Waals surface area (Å²) in [4.78, 5) is 6.28. The van der Waals surface area contributed by atoms with Crippen LogP contribution in [-0.2, 0) is 4.74 Å². The summed E-state index contributed by atoms with van der Waals surface area (Å²) in [5.74, 6) is 1.45. The predicted molar refractivity (Wildman–Crippen MR) is 115 cm³/mol. The largest absolute Gasteiger partial charge is 0.385 e. The van der Waals surface area contributed by atoms with E-state index < -0.39 is 0 Å². The molecule has 0 aromatic carbocycles. The van der Waals surface area contributed by atoms with E-state index in [1.54, 1.807) is 7.11 Å². The topological polar surface area (TPSA) is 45.7 Å². The van der Waals surface area contributed by atoms with Crippen LogP contribution in [-0.4, -0.2) is 39.3 Å². The van der Waals surface area contributed by atoms with Gasteiger partial charge in [0, 0.05) is 44.1 Å². The van der Waals surface area contributed by atoms with E-state index in [1.165, 1.54) is 24.1 Å². The highest BCUT2D eigenvalue weighted by atomic mass is 127. The summed E-state index contributed by atoms with van der Waals surface area (Å²) in [5.41, 5.74) is 0.373. The Morgan fingerprint density at radius 3 is 2.75 bits per heavy atom. The lowest BCUT2D eigenvalue weighted by molar-refractivity contribution is 0.0778. The van der Waals surface area contributed by atoms with Crippen LogP contribution in [0.25, 0.3) is 0 Å². The van der Waals surface area contributed by atoms with Gasteiger partial charge >= 0.3 is 0 Å². The van der Waals surface area contributed by atoms with E-state index in [2.05, 4.69) is 42.0 Å². The Morgan fingerprint density at radius 2 is 2.21 bits per heavy atom. The molecule has 1 aliphatic carbocycles. The molecule has 1 saturated carbocycles. The van der Waals surface area contributed by atoms with Crippen LogP contribution in [0.2, 0.25) is 0 Å². The maximum absolute atomic E-state index is 5.27. The minimum atomic E-state index is 0. The highest BCUT2D eigenvalue weighted by molar-refractivity contribution is 14.0. The Morgan fingerprint density at radius 1 is 1.42 bits per heavy atom. The Bertz CT molecular complexity index is 475.